The molecule has 1 aromatic carbocycles. The normalized spacial score (nSPS) is 24.5. The van der Waals surface area contributed by atoms with E-state index in [0.717, 1.165) is 12.0 Å². The van der Waals surface area contributed by atoms with Crippen molar-refractivity contribution in [2.75, 3.05) is 33.4 Å². The van der Waals surface area contributed by atoms with Gasteiger partial charge in [0, 0.05) is 36.2 Å². The highest BCUT2D eigenvalue weighted by Crippen LogP contribution is 2.50. The Bertz CT molecular complexity index is 748. The molecule has 1 saturated heterocycles. The Morgan fingerprint density at radius 3 is 2.81 bits per heavy atom. The zero-order chi connectivity index (χ0) is 19.8. The van der Waals surface area contributed by atoms with Gasteiger partial charge in [-0.3, -0.25) is 14.5 Å². The summed E-state index contributed by atoms with van der Waals surface area (Å²) in [6.07, 6.45) is 0.823. The third kappa shape index (κ3) is 3.60. The number of hydrogen-bond donors (Lipinski definition) is 2. The molecule has 1 amide bonds. The summed E-state index contributed by atoms with van der Waals surface area (Å²) in [6.45, 7) is 7.04. The predicted molar refractivity (Wildman–Crippen MR) is 100 cm³/mol. The Kier molecular flexibility index (Phi) is 5.08. The Labute approximate surface area is 159 Å². The van der Waals surface area contributed by atoms with E-state index in [2.05, 4.69) is 5.32 Å². The summed E-state index contributed by atoms with van der Waals surface area (Å²) in [4.78, 5) is 26.5. The van der Waals surface area contributed by atoms with E-state index in [1.807, 2.05) is 37.8 Å². The van der Waals surface area contributed by atoms with Gasteiger partial charge in [-0.15, -0.1) is 0 Å². The SMILES string of the molecule is CCC(C)(C)NC(=O)CN1C[C@@H]2c3ccc(OC)cc3OC[C@]2(C(=O)O)C1. The van der Waals surface area contributed by atoms with E-state index >= 15 is 0 Å². The molecule has 0 unspecified atom stereocenters. The first-order valence-electron chi connectivity index (χ1n) is 9.28. The molecule has 2 aliphatic rings. The number of benzene rings is 1. The number of nitrogens with zero attached hydrogens (tertiary/aromatic N) is 1. The maximum absolute atomic E-state index is 12.4. The van der Waals surface area contributed by atoms with Gasteiger partial charge >= 0.3 is 5.97 Å². The molecule has 2 aliphatic heterocycles. The van der Waals surface area contributed by atoms with Crippen molar-refractivity contribution in [3.63, 3.8) is 0 Å². The number of nitrogens with one attached hydrogen (secondary N) is 1. The van der Waals surface area contributed by atoms with Crippen molar-refractivity contribution in [2.24, 2.45) is 5.41 Å². The predicted octanol–water partition coefficient (Wildman–Crippen LogP) is 1.86. The van der Waals surface area contributed by atoms with Crippen molar-refractivity contribution in [1.82, 2.24) is 10.2 Å². The monoisotopic (exact) mass is 376 g/mol. The number of amides is 1. The summed E-state index contributed by atoms with van der Waals surface area (Å²) in [5, 5.41) is 13.0. The lowest BCUT2D eigenvalue weighted by atomic mass is 9.73. The van der Waals surface area contributed by atoms with Crippen LogP contribution in [0.4, 0.5) is 0 Å². The number of ether oxygens (including phenoxy) is 2. The highest BCUT2D eigenvalue weighted by atomic mass is 16.5. The topological polar surface area (TPSA) is 88.1 Å². The summed E-state index contributed by atoms with van der Waals surface area (Å²) in [5.41, 5.74) is -0.455. The maximum atomic E-state index is 12.4. The molecule has 7 nitrogen and oxygen atoms in total. The van der Waals surface area contributed by atoms with Crippen molar-refractivity contribution in [3.8, 4) is 11.5 Å². The Morgan fingerprint density at radius 1 is 1.44 bits per heavy atom. The van der Waals surface area contributed by atoms with E-state index < -0.39 is 11.4 Å². The van der Waals surface area contributed by atoms with E-state index in [1.54, 1.807) is 13.2 Å². The van der Waals surface area contributed by atoms with Crippen LogP contribution in [-0.4, -0.2) is 60.8 Å². The number of rotatable bonds is 6. The lowest BCUT2D eigenvalue weighted by molar-refractivity contribution is -0.152. The minimum absolute atomic E-state index is 0.0862. The van der Waals surface area contributed by atoms with Gasteiger partial charge in [-0.1, -0.05) is 13.0 Å². The number of carbonyl (C=O) groups is 2. The van der Waals surface area contributed by atoms with Crippen molar-refractivity contribution in [1.29, 1.82) is 0 Å². The van der Waals surface area contributed by atoms with E-state index in [1.165, 1.54) is 0 Å². The molecule has 7 heteroatoms. The summed E-state index contributed by atoms with van der Waals surface area (Å²) in [6, 6.07) is 5.49. The van der Waals surface area contributed by atoms with Crippen LogP contribution in [0, 0.1) is 5.41 Å². The molecule has 148 valence electrons. The number of methoxy groups -OCH3 is 1. The molecule has 0 saturated carbocycles. The van der Waals surface area contributed by atoms with Crippen LogP contribution in [-0.2, 0) is 9.59 Å². The highest BCUT2D eigenvalue weighted by molar-refractivity contribution is 5.81. The van der Waals surface area contributed by atoms with Crippen LogP contribution in [0.15, 0.2) is 18.2 Å². The maximum Gasteiger partial charge on any atom is 0.315 e. The summed E-state index contributed by atoms with van der Waals surface area (Å²) in [5.74, 6) is 0.140. The van der Waals surface area contributed by atoms with Crippen molar-refractivity contribution < 1.29 is 24.2 Å². The molecule has 27 heavy (non-hydrogen) atoms. The molecule has 1 fully saturated rings. The van der Waals surface area contributed by atoms with Gasteiger partial charge in [-0.25, -0.2) is 0 Å². The van der Waals surface area contributed by atoms with Crippen LogP contribution in [0.2, 0.25) is 0 Å². The molecule has 2 N–H and O–H groups in total. The Balaban J connectivity index is 1.82. The highest BCUT2D eigenvalue weighted by Gasteiger charge is 2.56. The number of aliphatic carboxylic acids is 1. The number of carboxylic acids is 1. The number of carboxylic acid groups (broad SMARTS) is 1. The van der Waals surface area contributed by atoms with Gasteiger partial charge in [-0.2, -0.15) is 0 Å². The smallest absolute Gasteiger partial charge is 0.315 e. The quantitative estimate of drug-likeness (QED) is 0.788. The molecule has 0 radical (unpaired) electrons. The fourth-order valence-corrected chi connectivity index (χ4v) is 3.92. The average Bonchev–Trinajstić information content (AvgIpc) is 3.00. The van der Waals surface area contributed by atoms with Crippen LogP contribution < -0.4 is 14.8 Å². The third-order valence-corrected chi connectivity index (χ3v) is 5.85. The summed E-state index contributed by atoms with van der Waals surface area (Å²) >= 11 is 0. The Morgan fingerprint density at radius 2 is 2.19 bits per heavy atom. The van der Waals surface area contributed by atoms with E-state index in [-0.39, 0.29) is 30.5 Å². The van der Waals surface area contributed by atoms with Crippen LogP contribution in [0.5, 0.6) is 11.5 Å². The van der Waals surface area contributed by atoms with Crippen LogP contribution in [0.3, 0.4) is 0 Å². The lowest BCUT2D eigenvalue weighted by Crippen LogP contribution is -2.48. The van der Waals surface area contributed by atoms with Crippen molar-refractivity contribution in [2.45, 2.75) is 38.6 Å². The molecule has 0 spiro atoms. The van der Waals surface area contributed by atoms with Gasteiger partial charge in [-0.05, 0) is 26.3 Å². The number of carbonyl (C=O) groups excluding carboxylic acids is 1. The molecule has 2 atom stereocenters. The molecule has 3 rings (SSSR count). The Hall–Kier alpha value is -2.28. The van der Waals surface area contributed by atoms with Gasteiger partial charge in [0.15, 0.2) is 0 Å². The second-order valence-corrected chi connectivity index (χ2v) is 8.16. The second kappa shape index (κ2) is 7.03. The van der Waals surface area contributed by atoms with Crippen LogP contribution in [0.25, 0.3) is 0 Å². The fourth-order valence-electron chi connectivity index (χ4n) is 3.92. The minimum atomic E-state index is -1.04. The van der Waals surface area contributed by atoms with Crippen molar-refractivity contribution in [3.05, 3.63) is 23.8 Å². The first kappa shape index (κ1) is 19.5. The molecule has 0 bridgehead atoms. The molecular weight excluding hydrogens is 348 g/mol. The van der Waals surface area contributed by atoms with Crippen molar-refractivity contribution >= 4 is 11.9 Å². The molecule has 0 aliphatic carbocycles. The minimum Gasteiger partial charge on any atom is -0.497 e. The number of hydrogen-bond acceptors (Lipinski definition) is 5. The molecular formula is C20H28N2O5. The first-order chi connectivity index (χ1) is 12.7. The van der Waals surface area contributed by atoms with Gasteiger partial charge < -0.3 is 19.9 Å². The van der Waals surface area contributed by atoms with Crippen LogP contribution in [0.1, 0.15) is 38.7 Å². The first-order valence-corrected chi connectivity index (χ1v) is 9.28. The largest absolute Gasteiger partial charge is 0.497 e. The molecule has 2 heterocycles. The van der Waals surface area contributed by atoms with Gasteiger partial charge in [0.2, 0.25) is 5.91 Å². The average molecular weight is 376 g/mol. The lowest BCUT2D eigenvalue weighted by Gasteiger charge is -2.36. The molecule has 0 aromatic heterocycles. The zero-order valence-corrected chi connectivity index (χ0v) is 16.4. The third-order valence-electron chi connectivity index (χ3n) is 5.85. The zero-order valence-electron chi connectivity index (χ0n) is 16.4. The standard InChI is InChI=1S/C20H28N2O5/c1-5-19(2,3)21-17(23)10-22-9-15-14-7-6-13(26-4)8-16(14)27-12-20(15,11-22)18(24)25/h6-8,15H,5,9-12H2,1-4H3,(H,21,23)(H,24,25)/t15-,20-/m1/s1. The van der Waals surface area contributed by atoms with E-state index in [4.69, 9.17) is 9.47 Å². The van der Waals surface area contributed by atoms with Crippen LogP contribution >= 0.6 is 0 Å². The number of likely N-dealkylation sites (tertiary alicyclic amines) is 1. The number of fused-ring (bicyclic) bond motifs is 3. The fraction of sp³-hybridized carbons (Fsp3) is 0.600. The van der Waals surface area contributed by atoms with E-state index in [0.29, 0.717) is 24.6 Å². The van der Waals surface area contributed by atoms with Gasteiger partial charge in [0.25, 0.3) is 0 Å². The summed E-state index contributed by atoms with van der Waals surface area (Å²) in [7, 11) is 1.58. The van der Waals surface area contributed by atoms with Gasteiger partial charge in [0.05, 0.1) is 13.7 Å². The van der Waals surface area contributed by atoms with E-state index in [9.17, 15) is 14.7 Å². The molecule has 1 aromatic rings. The van der Waals surface area contributed by atoms with Gasteiger partial charge in [0.1, 0.15) is 23.5 Å². The second-order valence-electron chi connectivity index (χ2n) is 8.16. The summed E-state index contributed by atoms with van der Waals surface area (Å²) < 4.78 is 11.0.